The van der Waals surface area contributed by atoms with Gasteiger partial charge in [-0.25, -0.2) is 0 Å². The summed E-state index contributed by atoms with van der Waals surface area (Å²) in [5.41, 5.74) is 6.95. The molecule has 1 aromatic rings. The molecule has 0 spiro atoms. The number of hydrogen-bond donors (Lipinski definition) is 2. The summed E-state index contributed by atoms with van der Waals surface area (Å²) in [6.45, 7) is 2.59. The number of nitrogens with two attached hydrogens (primary N) is 1. The van der Waals surface area contributed by atoms with Gasteiger partial charge < -0.3 is 10.5 Å². The van der Waals surface area contributed by atoms with E-state index in [-0.39, 0.29) is 12.1 Å². The van der Waals surface area contributed by atoms with Gasteiger partial charge in [0, 0.05) is 11.8 Å². The van der Waals surface area contributed by atoms with Crippen molar-refractivity contribution in [2.24, 2.45) is 5.73 Å². The Morgan fingerprint density at radius 2 is 2.00 bits per heavy atom. The fourth-order valence-corrected chi connectivity index (χ4v) is 1.37. The van der Waals surface area contributed by atoms with Gasteiger partial charge in [-0.1, -0.05) is 30.3 Å². The first-order valence-electron chi connectivity index (χ1n) is 4.76. The van der Waals surface area contributed by atoms with Crippen molar-refractivity contribution in [3.63, 3.8) is 0 Å². The van der Waals surface area contributed by atoms with Crippen LogP contribution in [0.2, 0.25) is 0 Å². The maximum atomic E-state index is 5.78. The minimum Gasteiger partial charge on any atom is -0.372 e. The SMILES string of the molecule is C[C@H](OCc1ccccc1)[C@@H](N)CS. The smallest absolute Gasteiger partial charge is 0.0721 e. The Balaban J connectivity index is 2.34. The van der Waals surface area contributed by atoms with Crippen LogP contribution >= 0.6 is 12.6 Å². The van der Waals surface area contributed by atoms with E-state index in [1.807, 2.05) is 37.3 Å². The summed E-state index contributed by atoms with van der Waals surface area (Å²) in [7, 11) is 0. The number of rotatable bonds is 5. The van der Waals surface area contributed by atoms with Gasteiger partial charge in [0.1, 0.15) is 0 Å². The zero-order valence-electron chi connectivity index (χ0n) is 8.39. The van der Waals surface area contributed by atoms with Crippen LogP contribution in [0.1, 0.15) is 12.5 Å². The van der Waals surface area contributed by atoms with E-state index in [1.54, 1.807) is 0 Å². The van der Waals surface area contributed by atoms with Crippen LogP contribution in [0.25, 0.3) is 0 Å². The van der Waals surface area contributed by atoms with E-state index in [1.165, 1.54) is 5.56 Å². The van der Waals surface area contributed by atoms with Crippen LogP contribution in [0.4, 0.5) is 0 Å². The lowest BCUT2D eigenvalue weighted by Gasteiger charge is -2.18. The molecule has 0 bridgehead atoms. The second kappa shape index (κ2) is 6.06. The van der Waals surface area contributed by atoms with Crippen LogP contribution in [0.15, 0.2) is 30.3 Å². The average molecular weight is 211 g/mol. The van der Waals surface area contributed by atoms with Crippen molar-refractivity contribution < 1.29 is 4.74 Å². The fraction of sp³-hybridized carbons (Fsp3) is 0.455. The van der Waals surface area contributed by atoms with Gasteiger partial charge >= 0.3 is 0 Å². The number of ether oxygens (including phenoxy) is 1. The number of thiol groups is 1. The zero-order chi connectivity index (χ0) is 10.4. The highest BCUT2D eigenvalue weighted by molar-refractivity contribution is 7.80. The standard InChI is InChI=1S/C11H17NOS/c1-9(11(12)8-14)13-7-10-5-3-2-4-6-10/h2-6,9,11,14H,7-8,12H2,1H3/t9-,11-/m0/s1. The van der Waals surface area contributed by atoms with Gasteiger partial charge in [-0.3, -0.25) is 0 Å². The maximum absolute atomic E-state index is 5.78. The number of benzene rings is 1. The monoisotopic (exact) mass is 211 g/mol. The lowest BCUT2D eigenvalue weighted by atomic mass is 10.2. The fourth-order valence-electron chi connectivity index (χ4n) is 1.07. The molecular weight excluding hydrogens is 194 g/mol. The summed E-state index contributed by atoms with van der Waals surface area (Å²) >= 11 is 4.13. The maximum Gasteiger partial charge on any atom is 0.0721 e. The average Bonchev–Trinajstić information content (AvgIpc) is 2.26. The van der Waals surface area contributed by atoms with Crippen molar-refractivity contribution in [2.45, 2.75) is 25.7 Å². The molecule has 0 aliphatic carbocycles. The van der Waals surface area contributed by atoms with E-state index in [9.17, 15) is 0 Å². The molecule has 0 saturated heterocycles. The highest BCUT2D eigenvalue weighted by Gasteiger charge is 2.10. The van der Waals surface area contributed by atoms with E-state index in [0.717, 1.165) is 0 Å². The molecule has 2 nitrogen and oxygen atoms in total. The molecule has 0 fully saturated rings. The normalized spacial score (nSPS) is 15.1. The largest absolute Gasteiger partial charge is 0.372 e. The van der Waals surface area contributed by atoms with E-state index in [4.69, 9.17) is 10.5 Å². The zero-order valence-corrected chi connectivity index (χ0v) is 9.28. The van der Waals surface area contributed by atoms with Gasteiger partial charge in [0.05, 0.1) is 12.7 Å². The second-order valence-corrected chi connectivity index (χ2v) is 3.71. The molecular formula is C11H17NOS. The minimum absolute atomic E-state index is 0.00189. The minimum atomic E-state index is 0.00189. The molecule has 0 heterocycles. The highest BCUT2D eigenvalue weighted by atomic mass is 32.1. The molecule has 0 aromatic heterocycles. The molecule has 0 saturated carbocycles. The van der Waals surface area contributed by atoms with Crippen molar-refractivity contribution in [2.75, 3.05) is 5.75 Å². The van der Waals surface area contributed by atoms with E-state index >= 15 is 0 Å². The van der Waals surface area contributed by atoms with Crippen molar-refractivity contribution >= 4 is 12.6 Å². The predicted octanol–water partition coefficient (Wildman–Crippen LogP) is 1.85. The molecule has 0 radical (unpaired) electrons. The lowest BCUT2D eigenvalue weighted by Crippen LogP contribution is -2.36. The Morgan fingerprint density at radius 3 is 2.57 bits per heavy atom. The summed E-state index contributed by atoms with van der Waals surface area (Å²) < 4.78 is 5.61. The van der Waals surface area contributed by atoms with Gasteiger partial charge in [-0.05, 0) is 12.5 Å². The Hall–Kier alpha value is -0.510. The van der Waals surface area contributed by atoms with Gasteiger partial charge in [0.25, 0.3) is 0 Å². The van der Waals surface area contributed by atoms with E-state index in [0.29, 0.717) is 12.4 Å². The van der Waals surface area contributed by atoms with Gasteiger partial charge in [0.2, 0.25) is 0 Å². The Bertz CT molecular complexity index is 253. The first-order chi connectivity index (χ1) is 6.74. The van der Waals surface area contributed by atoms with Crippen LogP contribution in [-0.4, -0.2) is 17.9 Å². The van der Waals surface area contributed by atoms with Gasteiger partial charge in [-0.15, -0.1) is 0 Å². The lowest BCUT2D eigenvalue weighted by molar-refractivity contribution is 0.0408. The second-order valence-electron chi connectivity index (χ2n) is 3.35. The molecule has 78 valence electrons. The first kappa shape index (κ1) is 11.6. The van der Waals surface area contributed by atoms with Crippen molar-refractivity contribution in [1.29, 1.82) is 0 Å². The van der Waals surface area contributed by atoms with E-state index < -0.39 is 0 Å². The van der Waals surface area contributed by atoms with E-state index in [2.05, 4.69) is 12.6 Å². The summed E-state index contributed by atoms with van der Waals surface area (Å²) in [5, 5.41) is 0. The third-order valence-corrected chi connectivity index (χ3v) is 2.59. The molecule has 1 rings (SSSR count). The molecule has 0 aliphatic heterocycles. The van der Waals surface area contributed by atoms with Crippen molar-refractivity contribution in [3.8, 4) is 0 Å². The summed E-state index contributed by atoms with van der Waals surface area (Å²) in [6.07, 6.45) is 0.0488. The molecule has 0 unspecified atom stereocenters. The molecule has 14 heavy (non-hydrogen) atoms. The molecule has 2 atom stereocenters. The van der Waals surface area contributed by atoms with Gasteiger partial charge in [0.15, 0.2) is 0 Å². The van der Waals surface area contributed by atoms with Crippen LogP contribution in [0.3, 0.4) is 0 Å². The first-order valence-corrected chi connectivity index (χ1v) is 5.39. The summed E-state index contributed by atoms with van der Waals surface area (Å²) in [4.78, 5) is 0. The molecule has 1 aromatic carbocycles. The van der Waals surface area contributed by atoms with Crippen molar-refractivity contribution in [1.82, 2.24) is 0 Å². The highest BCUT2D eigenvalue weighted by Crippen LogP contribution is 2.05. The number of hydrogen-bond acceptors (Lipinski definition) is 3. The Morgan fingerprint density at radius 1 is 1.36 bits per heavy atom. The summed E-state index contributed by atoms with van der Waals surface area (Å²) in [6, 6.07) is 10.1. The Kier molecular flexibility index (Phi) is 5.01. The van der Waals surface area contributed by atoms with Crippen LogP contribution in [0.5, 0.6) is 0 Å². The van der Waals surface area contributed by atoms with Crippen LogP contribution in [0, 0.1) is 0 Å². The molecule has 0 aliphatic rings. The predicted molar refractivity (Wildman–Crippen MR) is 62.5 cm³/mol. The molecule has 3 heteroatoms. The quantitative estimate of drug-likeness (QED) is 0.729. The molecule has 0 amide bonds. The van der Waals surface area contributed by atoms with Crippen LogP contribution in [-0.2, 0) is 11.3 Å². The van der Waals surface area contributed by atoms with Crippen molar-refractivity contribution in [3.05, 3.63) is 35.9 Å². The molecule has 2 N–H and O–H groups in total. The topological polar surface area (TPSA) is 35.2 Å². The Labute approximate surface area is 90.9 Å². The third kappa shape index (κ3) is 3.70. The summed E-state index contributed by atoms with van der Waals surface area (Å²) in [5.74, 6) is 0.649. The van der Waals surface area contributed by atoms with Gasteiger partial charge in [-0.2, -0.15) is 12.6 Å². The van der Waals surface area contributed by atoms with Crippen LogP contribution < -0.4 is 5.73 Å². The third-order valence-electron chi connectivity index (χ3n) is 2.17.